The van der Waals surface area contributed by atoms with Gasteiger partial charge < -0.3 is 15.5 Å². The van der Waals surface area contributed by atoms with Crippen molar-refractivity contribution in [3.05, 3.63) is 11.8 Å². The van der Waals surface area contributed by atoms with Crippen molar-refractivity contribution in [2.45, 2.75) is 13.3 Å². The summed E-state index contributed by atoms with van der Waals surface area (Å²) in [5.74, 6) is 2.34. The normalized spacial score (nSPS) is 20.5. The fourth-order valence-electron chi connectivity index (χ4n) is 2.18. The zero-order chi connectivity index (χ0) is 12.3. The SMILES string of the molecule is CNc1ncc(C)c(NCC2CCN(C)C2)n1. The number of nitrogens with zero attached hydrogens (tertiary/aromatic N) is 3. The summed E-state index contributed by atoms with van der Waals surface area (Å²) in [6, 6.07) is 0. The van der Waals surface area contributed by atoms with Gasteiger partial charge in [0.2, 0.25) is 5.95 Å². The molecule has 0 aromatic carbocycles. The first-order valence-electron chi connectivity index (χ1n) is 6.13. The summed E-state index contributed by atoms with van der Waals surface area (Å²) in [5, 5.41) is 6.39. The molecule has 2 rings (SSSR count). The Morgan fingerprint density at radius 1 is 1.53 bits per heavy atom. The van der Waals surface area contributed by atoms with Crippen LogP contribution < -0.4 is 10.6 Å². The number of aryl methyl sites for hydroxylation is 1. The standard InChI is InChI=1S/C12H21N5/c1-9-6-15-12(13-2)16-11(9)14-7-10-4-5-17(3)8-10/h6,10H,4-5,7-8H2,1-3H3,(H2,13,14,15,16). The van der Waals surface area contributed by atoms with E-state index in [-0.39, 0.29) is 0 Å². The number of hydrogen-bond acceptors (Lipinski definition) is 5. The van der Waals surface area contributed by atoms with Crippen molar-refractivity contribution in [2.75, 3.05) is 44.4 Å². The van der Waals surface area contributed by atoms with Crippen molar-refractivity contribution in [3.8, 4) is 0 Å². The van der Waals surface area contributed by atoms with Crippen LogP contribution in [0.15, 0.2) is 6.20 Å². The topological polar surface area (TPSA) is 53.1 Å². The van der Waals surface area contributed by atoms with Gasteiger partial charge in [-0.25, -0.2) is 4.98 Å². The van der Waals surface area contributed by atoms with Crippen molar-refractivity contribution in [3.63, 3.8) is 0 Å². The maximum atomic E-state index is 4.42. The Hall–Kier alpha value is -1.36. The van der Waals surface area contributed by atoms with Gasteiger partial charge in [0.15, 0.2) is 0 Å². The Labute approximate surface area is 103 Å². The first-order valence-corrected chi connectivity index (χ1v) is 6.13. The highest BCUT2D eigenvalue weighted by Gasteiger charge is 2.19. The molecule has 17 heavy (non-hydrogen) atoms. The van der Waals surface area contributed by atoms with Gasteiger partial charge in [-0.15, -0.1) is 0 Å². The third kappa shape index (κ3) is 3.06. The lowest BCUT2D eigenvalue weighted by atomic mass is 10.1. The Balaban J connectivity index is 1.94. The lowest BCUT2D eigenvalue weighted by Gasteiger charge is -2.14. The zero-order valence-electron chi connectivity index (χ0n) is 10.8. The smallest absolute Gasteiger partial charge is 0.224 e. The highest BCUT2D eigenvalue weighted by molar-refractivity contribution is 5.46. The van der Waals surface area contributed by atoms with E-state index in [9.17, 15) is 0 Å². The van der Waals surface area contributed by atoms with Crippen molar-refractivity contribution in [1.82, 2.24) is 14.9 Å². The van der Waals surface area contributed by atoms with Gasteiger partial charge in [-0.1, -0.05) is 0 Å². The fourth-order valence-corrected chi connectivity index (χ4v) is 2.18. The van der Waals surface area contributed by atoms with E-state index in [0.717, 1.165) is 23.8 Å². The molecular formula is C12H21N5. The number of hydrogen-bond donors (Lipinski definition) is 2. The summed E-state index contributed by atoms with van der Waals surface area (Å²) in [6.45, 7) is 5.40. The van der Waals surface area contributed by atoms with Gasteiger partial charge in [0.1, 0.15) is 5.82 Å². The van der Waals surface area contributed by atoms with Crippen LogP contribution in [0.2, 0.25) is 0 Å². The molecule has 94 valence electrons. The monoisotopic (exact) mass is 235 g/mol. The molecule has 0 spiro atoms. The van der Waals surface area contributed by atoms with Gasteiger partial charge >= 0.3 is 0 Å². The summed E-state index contributed by atoms with van der Waals surface area (Å²) in [6.07, 6.45) is 3.12. The molecule has 1 aromatic heterocycles. The number of rotatable bonds is 4. The van der Waals surface area contributed by atoms with Crippen LogP contribution in [0.5, 0.6) is 0 Å². The van der Waals surface area contributed by atoms with Gasteiger partial charge in [0, 0.05) is 31.9 Å². The minimum atomic E-state index is 0.668. The third-order valence-electron chi connectivity index (χ3n) is 3.24. The molecule has 2 N–H and O–H groups in total. The van der Waals surface area contributed by atoms with Crippen LogP contribution in [0.25, 0.3) is 0 Å². The molecule has 1 unspecified atom stereocenters. The largest absolute Gasteiger partial charge is 0.369 e. The fraction of sp³-hybridized carbons (Fsp3) is 0.667. The Bertz CT molecular complexity index is 379. The van der Waals surface area contributed by atoms with E-state index in [0.29, 0.717) is 5.95 Å². The second-order valence-electron chi connectivity index (χ2n) is 4.77. The van der Waals surface area contributed by atoms with Gasteiger partial charge in [-0.2, -0.15) is 4.98 Å². The Morgan fingerprint density at radius 2 is 2.35 bits per heavy atom. The second-order valence-corrected chi connectivity index (χ2v) is 4.77. The average molecular weight is 235 g/mol. The zero-order valence-corrected chi connectivity index (χ0v) is 10.8. The van der Waals surface area contributed by atoms with Gasteiger partial charge in [0.05, 0.1) is 0 Å². The summed E-state index contributed by atoms with van der Waals surface area (Å²) in [5.41, 5.74) is 1.09. The van der Waals surface area contributed by atoms with Crippen LogP contribution in [-0.2, 0) is 0 Å². The molecule has 1 aromatic rings. The molecule has 0 saturated carbocycles. The Morgan fingerprint density at radius 3 is 3.00 bits per heavy atom. The van der Waals surface area contributed by atoms with Crippen LogP contribution >= 0.6 is 0 Å². The highest BCUT2D eigenvalue weighted by Crippen LogP contribution is 2.17. The minimum Gasteiger partial charge on any atom is -0.369 e. The van der Waals surface area contributed by atoms with E-state index >= 15 is 0 Å². The maximum absolute atomic E-state index is 4.42. The Kier molecular flexibility index (Phi) is 3.78. The molecule has 5 nitrogen and oxygen atoms in total. The first kappa shape index (κ1) is 12.1. The molecule has 0 amide bonds. The number of nitrogens with one attached hydrogen (secondary N) is 2. The second kappa shape index (κ2) is 5.31. The lowest BCUT2D eigenvalue weighted by molar-refractivity contribution is 0.399. The number of aromatic nitrogens is 2. The summed E-state index contributed by atoms with van der Waals surface area (Å²) >= 11 is 0. The first-order chi connectivity index (χ1) is 8.19. The summed E-state index contributed by atoms with van der Waals surface area (Å²) in [4.78, 5) is 11.0. The van der Waals surface area contributed by atoms with Crippen molar-refractivity contribution in [2.24, 2.45) is 5.92 Å². The molecule has 0 radical (unpaired) electrons. The van der Waals surface area contributed by atoms with Crippen LogP contribution in [0.4, 0.5) is 11.8 Å². The quantitative estimate of drug-likeness (QED) is 0.821. The highest BCUT2D eigenvalue weighted by atomic mass is 15.1. The number of likely N-dealkylation sites (tertiary alicyclic amines) is 1. The lowest BCUT2D eigenvalue weighted by Crippen LogP contribution is -2.20. The molecule has 0 bridgehead atoms. The minimum absolute atomic E-state index is 0.668. The molecule has 1 fully saturated rings. The predicted octanol–water partition coefficient (Wildman–Crippen LogP) is 1.19. The van der Waals surface area contributed by atoms with Crippen LogP contribution in [0.3, 0.4) is 0 Å². The molecule has 0 aliphatic carbocycles. The van der Waals surface area contributed by atoms with Crippen LogP contribution in [0, 0.1) is 12.8 Å². The van der Waals surface area contributed by atoms with E-state index in [2.05, 4.69) is 32.5 Å². The molecule has 5 heteroatoms. The van der Waals surface area contributed by atoms with E-state index < -0.39 is 0 Å². The van der Waals surface area contributed by atoms with E-state index in [1.54, 1.807) is 0 Å². The van der Waals surface area contributed by atoms with Crippen LogP contribution in [-0.4, -0.2) is 48.6 Å². The molecule has 1 aliphatic heterocycles. The van der Waals surface area contributed by atoms with E-state index in [1.165, 1.54) is 19.5 Å². The van der Waals surface area contributed by atoms with Gasteiger partial charge in [-0.05, 0) is 32.9 Å². The van der Waals surface area contributed by atoms with E-state index in [4.69, 9.17) is 0 Å². The molecular weight excluding hydrogens is 214 g/mol. The van der Waals surface area contributed by atoms with Gasteiger partial charge in [0.25, 0.3) is 0 Å². The molecule has 1 atom stereocenters. The van der Waals surface area contributed by atoms with Crippen molar-refractivity contribution < 1.29 is 0 Å². The van der Waals surface area contributed by atoms with Gasteiger partial charge in [-0.3, -0.25) is 0 Å². The third-order valence-corrected chi connectivity index (χ3v) is 3.24. The number of anilines is 2. The van der Waals surface area contributed by atoms with Crippen molar-refractivity contribution >= 4 is 11.8 Å². The van der Waals surface area contributed by atoms with Crippen LogP contribution in [0.1, 0.15) is 12.0 Å². The summed E-state index contributed by atoms with van der Waals surface area (Å²) < 4.78 is 0. The molecule has 1 aliphatic rings. The summed E-state index contributed by atoms with van der Waals surface area (Å²) in [7, 11) is 4.01. The average Bonchev–Trinajstić information content (AvgIpc) is 2.74. The van der Waals surface area contributed by atoms with Crippen molar-refractivity contribution in [1.29, 1.82) is 0 Å². The van der Waals surface area contributed by atoms with E-state index in [1.807, 2.05) is 20.2 Å². The molecule has 2 heterocycles. The maximum Gasteiger partial charge on any atom is 0.224 e. The predicted molar refractivity (Wildman–Crippen MR) is 70.4 cm³/mol. The molecule has 1 saturated heterocycles.